The van der Waals surface area contributed by atoms with Crippen LogP contribution in [-0.2, 0) is 23.9 Å². The Hall–Kier alpha value is -3.28. The first kappa shape index (κ1) is 26.0. The van der Waals surface area contributed by atoms with E-state index in [1.807, 2.05) is 51.1 Å². The Kier molecular flexibility index (Phi) is 8.31. The number of alkyl halides is 3. The molecule has 0 bridgehead atoms. The zero-order valence-corrected chi connectivity index (χ0v) is 19.9. The smallest absolute Gasteiger partial charge is 0.348 e. The normalized spacial score (nSPS) is 13.7. The number of ketones is 1. The van der Waals surface area contributed by atoms with E-state index < -0.39 is 11.7 Å². The first-order valence-corrected chi connectivity index (χ1v) is 10.6. The minimum atomic E-state index is -4.37. The van der Waals surface area contributed by atoms with Gasteiger partial charge in [-0.05, 0) is 56.5 Å². The zero-order valence-electron chi connectivity index (χ0n) is 19.9. The third-order valence-electron chi connectivity index (χ3n) is 5.72. The van der Waals surface area contributed by atoms with Crippen LogP contribution in [0.4, 0.5) is 13.2 Å². The maximum atomic E-state index is 12.9. The summed E-state index contributed by atoms with van der Waals surface area (Å²) in [5, 5.41) is 1.98. The summed E-state index contributed by atoms with van der Waals surface area (Å²) in [6, 6.07) is 5.01. The van der Waals surface area contributed by atoms with Crippen LogP contribution in [0.2, 0.25) is 0 Å². The van der Waals surface area contributed by atoms with Gasteiger partial charge in [0.15, 0.2) is 0 Å². The minimum absolute atomic E-state index is 0.0875. The first-order chi connectivity index (χ1) is 15.4. The van der Waals surface area contributed by atoms with Gasteiger partial charge >= 0.3 is 6.18 Å². The molecule has 1 aromatic carbocycles. The molecule has 33 heavy (non-hydrogen) atoms. The molecule has 0 radical (unpaired) electrons. The minimum Gasteiger partial charge on any atom is -0.348 e. The van der Waals surface area contributed by atoms with E-state index in [0.717, 1.165) is 39.5 Å². The molecule has 0 fully saturated rings. The predicted octanol–water partition coefficient (Wildman–Crippen LogP) is 5.30. The van der Waals surface area contributed by atoms with Crippen LogP contribution in [0.5, 0.6) is 0 Å². The molecule has 2 aromatic rings. The summed E-state index contributed by atoms with van der Waals surface area (Å²) in [6.45, 7) is 15.9. The SMILES string of the molecule is C=C/C=c1/c(CC(C)=O)cn(C/C(C)=C(\C)N(C)C(=C)c2ccc(C(F)(F)F)cc2)/c1=C/C. The third-order valence-corrected chi connectivity index (χ3v) is 5.72. The van der Waals surface area contributed by atoms with Gasteiger partial charge in [-0.25, -0.2) is 0 Å². The van der Waals surface area contributed by atoms with Gasteiger partial charge in [0.2, 0.25) is 0 Å². The van der Waals surface area contributed by atoms with Crippen LogP contribution < -0.4 is 10.6 Å². The summed E-state index contributed by atoms with van der Waals surface area (Å²) in [5.41, 5.74) is 3.49. The molecule has 2 rings (SSSR count). The highest BCUT2D eigenvalue weighted by Crippen LogP contribution is 2.30. The quantitative estimate of drug-likeness (QED) is 0.539. The van der Waals surface area contributed by atoms with Crippen molar-refractivity contribution in [2.45, 2.75) is 46.8 Å². The van der Waals surface area contributed by atoms with Gasteiger partial charge in [-0.1, -0.05) is 43.5 Å². The van der Waals surface area contributed by atoms with Crippen molar-refractivity contribution in [3.05, 3.63) is 88.2 Å². The van der Waals surface area contributed by atoms with Gasteiger partial charge in [0.25, 0.3) is 0 Å². The van der Waals surface area contributed by atoms with Crippen LogP contribution >= 0.6 is 0 Å². The van der Waals surface area contributed by atoms with Gasteiger partial charge in [0.1, 0.15) is 5.78 Å². The highest BCUT2D eigenvalue weighted by Gasteiger charge is 2.30. The molecule has 0 aliphatic carbocycles. The zero-order chi connectivity index (χ0) is 24.9. The Balaban J connectivity index is 2.37. The van der Waals surface area contributed by atoms with Crippen LogP contribution in [-0.4, -0.2) is 22.3 Å². The number of hydrogen-bond acceptors (Lipinski definition) is 2. The molecule has 0 aliphatic heterocycles. The van der Waals surface area contributed by atoms with Crippen molar-refractivity contribution in [1.82, 2.24) is 9.47 Å². The number of hydrogen-bond donors (Lipinski definition) is 0. The number of allylic oxidation sites excluding steroid dienone is 3. The molecule has 0 N–H and O–H groups in total. The summed E-state index contributed by atoms with van der Waals surface area (Å²) in [7, 11) is 1.85. The Bertz CT molecular complexity index is 1200. The summed E-state index contributed by atoms with van der Waals surface area (Å²) in [6.07, 6.45) is 3.60. The largest absolute Gasteiger partial charge is 0.416 e. The Labute approximate surface area is 193 Å². The molecule has 1 heterocycles. The fourth-order valence-corrected chi connectivity index (χ4v) is 3.72. The average Bonchev–Trinajstić information content (AvgIpc) is 3.06. The van der Waals surface area contributed by atoms with Crippen LogP contribution in [0.15, 0.2) is 61.0 Å². The molecule has 0 saturated carbocycles. The van der Waals surface area contributed by atoms with Gasteiger partial charge in [-0.2, -0.15) is 13.2 Å². The number of benzene rings is 1. The number of halogens is 3. The van der Waals surface area contributed by atoms with E-state index in [0.29, 0.717) is 24.2 Å². The number of aromatic nitrogens is 1. The maximum Gasteiger partial charge on any atom is 0.416 e. The van der Waals surface area contributed by atoms with Crippen molar-refractivity contribution >= 4 is 23.6 Å². The molecular formula is C27H31F3N2O. The number of carbonyl (C=O) groups is 1. The van der Waals surface area contributed by atoms with Crippen molar-refractivity contribution < 1.29 is 18.0 Å². The molecule has 0 saturated heterocycles. The van der Waals surface area contributed by atoms with Crippen LogP contribution in [0, 0.1) is 0 Å². The van der Waals surface area contributed by atoms with Crippen molar-refractivity contribution in [2.75, 3.05) is 7.05 Å². The topological polar surface area (TPSA) is 25.2 Å². The predicted molar refractivity (Wildman–Crippen MR) is 129 cm³/mol. The lowest BCUT2D eigenvalue weighted by Crippen LogP contribution is -2.31. The van der Waals surface area contributed by atoms with Crippen molar-refractivity contribution in [2.24, 2.45) is 0 Å². The lowest BCUT2D eigenvalue weighted by molar-refractivity contribution is -0.137. The van der Waals surface area contributed by atoms with Gasteiger partial charge in [-0.15, -0.1) is 0 Å². The van der Waals surface area contributed by atoms with E-state index in [1.165, 1.54) is 12.1 Å². The van der Waals surface area contributed by atoms with E-state index in [1.54, 1.807) is 13.0 Å². The molecule has 0 unspecified atom stereocenters. The molecule has 0 atom stereocenters. The lowest BCUT2D eigenvalue weighted by atomic mass is 10.1. The number of Topliss-reactive ketones (excluding diaryl/α,β-unsaturated/α-hetero) is 1. The summed E-state index contributed by atoms with van der Waals surface area (Å²) < 4.78 is 40.7. The van der Waals surface area contributed by atoms with E-state index in [-0.39, 0.29) is 5.78 Å². The lowest BCUT2D eigenvalue weighted by Gasteiger charge is -2.25. The molecule has 0 amide bonds. The van der Waals surface area contributed by atoms with Crippen LogP contribution in [0.1, 0.15) is 44.4 Å². The molecule has 0 spiro atoms. The Morgan fingerprint density at radius 2 is 1.76 bits per heavy atom. The number of rotatable bonds is 8. The second-order valence-electron chi connectivity index (χ2n) is 8.10. The van der Waals surface area contributed by atoms with Gasteiger partial charge in [-0.3, -0.25) is 4.79 Å². The molecule has 176 valence electrons. The fraction of sp³-hybridized carbons (Fsp3) is 0.296. The standard InChI is InChI=1S/C27H31F3N2O/c1-8-10-25-23(15-19(4)33)17-32(26(25)9-2)16-18(3)20(5)31(7)21(6)22-11-13-24(14-12-22)27(28,29)30/h8-14,17H,1,6,15-16H2,2-5,7H3/b20-18+,25-10-,26-9+. The van der Waals surface area contributed by atoms with Crippen molar-refractivity contribution in [3.63, 3.8) is 0 Å². The highest BCUT2D eigenvalue weighted by molar-refractivity contribution is 5.78. The van der Waals surface area contributed by atoms with Gasteiger partial charge in [0.05, 0.1) is 5.56 Å². The van der Waals surface area contributed by atoms with Crippen molar-refractivity contribution in [3.8, 4) is 0 Å². The Morgan fingerprint density at radius 1 is 1.15 bits per heavy atom. The second kappa shape index (κ2) is 10.6. The van der Waals surface area contributed by atoms with E-state index in [2.05, 4.69) is 17.7 Å². The third kappa shape index (κ3) is 6.15. The highest BCUT2D eigenvalue weighted by atomic mass is 19.4. The Morgan fingerprint density at radius 3 is 2.24 bits per heavy atom. The summed E-state index contributed by atoms with van der Waals surface area (Å²) >= 11 is 0. The molecule has 0 aliphatic rings. The summed E-state index contributed by atoms with van der Waals surface area (Å²) in [4.78, 5) is 13.6. The first-order valence-electron chi connectivity index (χ1n) is 10.6. The van der Waals surface area contributed by atoms with E-state index >= 15 is 0 Å². The molecular weight excluding hydrogens is 425 g/mol. The van der Waals surface area contributed by atoms with Crippen molar-refractivity contribution in [1.29, 1.82) is 0 Å². The van der Waals surface area contributed by atoms with Gasteiger partial charge < -0.3 is 9.47 Å². The van der Waals surface area contributed by atoms with Crippen LogP contribution in [0.25, 0.3) is 17.8 Å². The second-order valence-corrected chi connectivity index (χ2v) is 8.10. The monoisotopic (exact) mass is 456 g/mol. The summed E-state index contributed by atoms with van der Waals surface area (Å²) in [5.74, 6) is 0.0875. The average molecular weight is 457 g/mol. The van der Waals surface area contributed by atoms with E-state index in [9.17, 15) is 18.0 Å². The number of carbonyl (C=O) groups excluding carboxylic acids is 1. The van der Waals surface area contributed by atoms with Crippen LogP contribution in [0.3, 0.4) is 0 Å². The molecule has 3 nitrogen and oxygen atoms in total. The maximum absolute atomic E-state index is 12.9. The van der Waals surface area contributed by atoms with Gasteiger partial charge in [0, 0.05) is 48.2 Å². The fourth-order valence-electron chi connectivity index (χ4n) is 3.72. The molecule has 6 heteroatoms. The number of nitrogens with zero attached hydrogens (tertiary/aromatic N) is 2. The van der Waals surface area contributed by atoms with E-state index in [4.69, 9.17) is 0 Å². The molecule has 1 aromatic heterocycles.